The van der Waals surface area contributed by atoms with Gasteiger partial charge in [-0.2, -0.15) is 0 Å². The number of fused-ring (bicyclic) bond motifs is 1. The lowest BCUT2D eigenvalue weighted by molar-refractivity contribution is -0.326. The minimum Gasteiger partial charge on any atom is -0.387 e. The van der Waals surface area contributed by atoms with E-state index in [0.29, 0.717) is 5.69 Å². The van der Waals surface area contributed by atoms with Gasteiger partial charge in [-0.15, -0.1) is 0 Å². The highest BCUT2D eigenvalue weighted by Crippen LogP contribution is 2.19. The van der Waals surface area contributed by atoms with Crippen molar-refractivity contribution in [3.63, 3.8) is 0 Å². The smallest absolute Gasteiger partial charge is 0.323 e. The molecule has 4 N–H and O–H groups in total. The number of aliphatic hydroxyl groups is 3. The molecule has 16 heavy (non-hydrogen) atoms. The van der Waals surface area contributed by atoms with Crippen molar-refractivity contribution in [3.8, 4) is 0 Å². The van der Waals surface area contributed by atoms with Crippen molar-refractivity contribution in [1.82, 2.24) is 9.38 Å². The van der Waals surface area contributed by atoms with Gasteiger partial charge in [0.1, 0.15) is 5.69 Å². The second-order valence-corrected chi connectivity index (χ2v) is 3.32. The topological polar surface area (TPSA) is 90.0 Å². The van der Waals surface area contributed by atoms with Crippen LogP contribution in [0.1, 0.15) is 5.69 Å². The summed E-state index contributed by atoms with van der Waals surface area (Å²) in [6, 6.07) is 1.21. The third-order valence-electron chi connectivity index (χ3n) is 2.14. The zero-order chi connectivity index (χ0) is 11.9. The summed E-state index contributed by atoms with van der Waals surface area (Å²) in [7, 11) is 1.62. The van der Waals surface area contributed by atoms with Gasteiger partial charge in [-0.25, -0.2) is 9.37 Å². The molecular weight excluding hydrogens is 217 g/mol. The quantitative estimate of drug-likeness (QED) is 0.524. The van der Waals surface area contributed by atoms with Crippen LogP contribution in [0.15, 0.2) is 18.5 Å². The average Bonchev–Trinajstić information content (AvgIpc) is 2.61. The molecule has 0 saturated carbocycles. The number of halogens is 1. The Balaban J connectivity index is 2.66. The van der Waals surface area contributed by atoms with Crippen molar-refractivity contribution < 1.29 is 19.7 Å². The molecule has 2 aromatic rings. The van der Waals surface area contributed by atoms with Gasteiger partial charge >= 0.3 is 5.97 Å². The molecule has 2 rings (SSSR count). The Morgan fingerprint density at radius 1 is 1.38 bits per heavy atom. The van der Waals surface area contributed by atoms with Gasteiger partial charge < -0.3 is 25.0 Å². The molecular formula is C9H10FN3O3. The number of nitrogens with one attached hydrogen (secondary N) is 1. The fraction of sp³-hybridized carbons (Fsp3) is 0.222. The summed E-state index contributed by atoms with van der Waals surface area (Å²) < 4.78 is 14.7. The molecule has 0 bridgehead atoms. The highest BCUT2D eigenvalue weighted by atomic mass is 19.1. The average molecular weight is 227 g/mol. The highest BCUT2D eigenvalue weighted by molar-refractivity contribution is 5.52. The van der Waals surface area contributed by atoms with E-state index in [4.69, 9.17) is 15.3 Å². The Hall–Kier alpha value is -1.70. The number of imidazole rings is 1. The minimum absolute atomic E-state index is 0.101. The van der Waals surface area contributed by atoms with Crippen molar-refractivity contribution in [2.45, 2.75) is 5.97 Å². The normalized spacial score (nSPS) is 12.1. The standard InChI is InChI=1S/C9H10FN3O3/c1-11-5-2-6(10)8-12-7(9(14,15)16)4-13(8)3-5/h2-4,11,14-16H,1H3. The highest BCUT2D eigenvalue weighted by Gasteiger charge is 2.26. The maximum Gasteiger partial charge on any atom is 0.323 e. The van der Waals surface area contributed by atoms with Gasteiger partial charge in [0.15, 0.2) is 11.5 Å². The molecule has 0 atom stereocenters. The van der Waals surface area contributed by atoms with Crippen molar-refractivity contribution in [2.24, 2.45) is 0 Å². The lowest BCUT2D eigenvalue weighted by atomic mass is 10.4. The molecule has 2 heterocycles. The summed E-state index contributed by atoms with van der Waals surface area (Å²) in [5, 5.41) is 29.4. The monoisotopic (exact) mass is 227 g/mol. The third-order valence-corrected chi connectivity index (χ3v) is 2.14. The molecule has 0 aliphatic carbocycles. The largest absolute Gasteiger partial charge is 0.387 e. The maximum absolute atomic E-state index is 13.5. The zero-order valence-corrected chi connectivity index (χ0v) is 8.35. The summed E-state index contributed by atoms with van der Waals surface area (Å²) in [5.74, 6) is -3.71. The molecule has 0 fully saturated rings. The van der Waals surface area contributed by atoms with Crippen LogP contribution in [-0.2, 0) is 5.97 Å². The van der Waals surface area contributed by atoms with Crippen molar-refractivity contribution in [2.75, 3.05) is 12.4 Å². The Morgan fingerprint density at radius 2 is 2.06 bits per heavy atom. The van der Waals surface area contributed by atoms with E-state index in [2.05, 4.69) is 10.3 Å². The Morgan fingerprint density at radius 3 is 2.62 bits per heavy atom. The molecule has 2 aromatic heterocycles. The van der Waals surface area contributed by atoms with E-state index in [9.17, 15) is 4.39 Å². The molecule has 0 radical (unpaired) electrons. The van der Waals surface area contributed by atoms with E-state index >= 15 is 0 Å². The van der Waals surface area contributed by atoms with Crippen LogP contribution in [0.2, 0.25) is 0 Å². The SMILES string of the molecule is CNc1cc(F)c2nc(C(O)(O)O)cn2c1. The van der Waals surface area contributed by atoms with Crippen LogP contribution in [0, 0.1) is 5.82 Å². The minimum atomic E-state index is -3.07. The number of anilines is 1. The van der Waals surface area contributed by atoms with Gasteiger partial charge in [0.05, 0.1) is 5.69 Å². The van der Waals surface area contributed by atoms with Gasteiger partial charge in [0.25, 0.3) is 0 Å². The first kappa shape index (κ1) is 10.8. The number of hydrogen-bond acceptors (Lipinski definition) is 5. The number of hydrogen-bond donors (Lipinski definition) is 4. The fourth-order valence-electron chi connectivity index (χ4n) is 1.36. The van der Waals surface area contributed by atoms with Crippen molar-refractivity contribution in [3.05, 3.63) is 30.0 Å². The van der Waals surface area contributed by atoms with E-state index in [-0.39, 0.29) is 5.65 Å². The Labute approximate surface area is 89.6 Å². The van der Waals surface area contributed by atoms with Gasteiger partial charge in [-0.1, -0.05) is 0 Å². The molecule has 86 valence electrons. The molecule has 6 nitrogen and oxygen atoms in total. The van der Waals surface area contributed by atoms with Crippen LogP contribution < -0.4 is 5.32 Å². The van der Waals surface area contributed by atoms with E-state index in [1.54, 1.807) is 7.05 Å². The second-order valence-electron chi connectivity index (χ2n) is 3.32. The van der Waals surface area contributed by atoms with Gasteiger partial charge in [-0.05, 0) is 0 Å². The van der Waals surface area contributed by atoms with Gasteiger partial charge in [0, 0.05) is 25.5 Å². The molecule has 0 amide bonds. The van der Waals surface area contributed by atoms with E-state index in [1.807, 2.05) is 0 Å². The Kier molecular flexibility index (Phi) is 2.30. The third kappa shape index (κ3) is 1.71. The number of rotatable bonds is 2. The van der Waals surface area contributed by atoms with E-state index in [1.165, 1.54) is 16.7 Å². The first-order chi connectivity index (χ1) is 7.41. The number of nitrogens with zero attached hydrogens (tertiary/aromatic N) is 2. The molecule has 0 unspecified atom stereocenters. The molecule has 0 aliphatic rings. The predicted molar refractivity (Wildman–Crippen MR) is 53.0 cm³/mol. The maximum atomic E-state index is 13.5. The fourth-order valence-corrected chi connectivity index (χ4v) is 1.36. The van der Waals surface area contributed by atoms with Crippen LogP contribution in [0.4, 0.5) is 10.1 Å². The Bertz CT molecular complexity index is 533. The summed E-state index contributed by atoms with van der Waals surface area (Å²) in [6.45, 7) is 0. The summed E-state index contributed by atoms with van der Waals surface area (Å²) in [5.41, 5.74) is -0.0523. The lowest BCUT2D eigenvalue weighted by Crippen LogP contribution is -2.24. The van der Waals surface area contributed by atoms with E-state index in [0.717, 1.165) is 6.20 Å². The predicted octanol–water partition coefficient (Wildman–Crippen LogP) is -0.398. The molecule has 0 aliphatic heterocycles. The van der Waals surface area contributed by atoms with Crippen molar-refractivity contribution in [1.29, 1.82) is 0 Å². The molecule has 0 aromatic carbocycles. The van der Waals surface area contributed by atoms with Crippen LogP contribution in [0.25, 0.3) is 5.65 Å². The van der Waals surface area contributed by atoms with Crippen LogP contribution >= 0.6 is 0 Å². The number of pyridine rings is 1. The van der Waals surface area contributed by atoms with Gasteiger partial charge in [0.2, 0.25) is 0 Å². The molecule has 0 spiro atoms. The van der Waals surface area contributed by atoms with Crippen LogP contribution in [0.5, 0.6) is 0 Å². The van der Waals surface area contributed by atoms with Crippen molar-refractivity contribution >= 4 is 11.3 Å². The summed E-state index contributed by atoms with van der Waals surface area (Å²) in [6.07, 6.45) is 2.62. The first-order valence-corrected chi connectivity index (χ1v) is 4.45. The molecule has 0 saturated heterocycles. The molecule has 7 heteroatoms. The summed E-state index contributed by atoms with van der Waals surface area (Å²) >= 11 is 0. The van der Waals surface area contributed by atoms with Gasteiger partial charge in [-0.3, -0.25) is 0 Å². The number of aromatic nitrogens is 2. The summed E-state index contributed by atoms with van der Waals surface area (Å²) in [4.78, 5) is 3.57. The van der Waals surface area contributed by atoms with Crippen LogP contribution in [-0.4, -0.2) is 31.8 Å². The zero-order valence-electron chi connectivity index (χ0n) is 8.35. The van der Waals surface area contributed by atoms with Crippen LogP contribution in [0.3, 0.4) is 0 Å². The second kappa shape index (κ2) is 3.41. The lowest BCUT2D eigenvalue weighted by Gasteiger charge is -2.08. The first-order valence-electron chi connectivity index (χ1n) is 4.45. The van der Waals surface area contributed by atoms with E-state index < -0.39 is 17.5 Å².